The lowest BCUT2D eigenvalue weighted by Crippen LogP contribution is -2.33. The van der Waals surface area contributed by atoms with Crippen LogP contribution < -0.4 is 0 Å². The molecule has 1 aromatic rings. The van der Waals surface area contributed by atoms with Crippen molar-refractivity contribution in [1.82, 2.24) is 4.90 Å². The van der Waals surface area contributed by atoms with Crippen LogP contribution in [0.4, 0.5) is 4.39 Å². The van der Waals surface area contributed by atoms with Crippen LogP contribution in [0.3, 0.4) is 0 Å². The summed E-state index contributed by atoms with van der Waals surface area (Å²) in [6.45, 7) is 2.70. The standard InChI is InChI=1S/C16H18FNO2/c1-12-5-4-9-18(12)16(20)14-8-7-13(15(17)11-14)6-2-3-10-19/h7-8,11-12,19H,3-5,9-10H2,1H3. The molecule has 1 heterocycles. The van der Waals surface area contributed by atoms with Crippen LogP contribution in [-0.4, -0.2) is 35.1 Å². The molecule has 1 fully saturated rings. The third-order valence-corrected chi connectivity index (χ3v) is 3.49. The Morgan fingerprint density at radius 2 is 2.35 bits per heavy atom. The smallest absolute Gasteiger partial charge is 0.254 e. The van der Waals surface area contributed by atoms with Crippen LogP contribution in [0.5, 0.6) is 0 Å². The number of hydrogen-bond acceptors (Lipinski definition) is 2. The van der Waals surface area contributed by atoms with Gasteiger partial charge in [-0.2, -0.15) is 0 Å². The molecule has 1 atom stereocenters. The number of halogens is 1. The van der Waals surface area contributed by atoms with E-state index < -0.39 is 5.82 Å². The maximum Gasteiger partial charge on any atom is 0.254 e. The largest absolute Gasteiger partial charge is 0.395 e. The molecule has 3 nitrogen and oxygen atoms in total. The zero-order valence-corrected chi connectivity index (χ0v) is 11.5. The minimum Gasteiger partial charge on any atom is -0.395 e. The lowest BCUT2D eigenvalue weighted by Gasteiger charge is -2.21. The van der Waals surface area contributed by atoms with Crippen molar-refractivity contribution in [2.45, 2.75) is 32.2 Å². The van der Waals surface area contributed by atoms with Crippen LogP contribution >= 0.6 is 0 Å². The lowest BCUT2D eigenvalue weighted by atomic mass is 10.1. The molecular formula is C16H18FNO2. The Morgan fingerprint density at radius 3 is 2.95 bits per heavy atom. The number of aliphatic hydroxyl groups is 1. The quantitative estimate of drug-likeness (QED) is 0.840. The van der Waals surface area contributed by atoms with Crippen LogP contribution in [0.2, 0.25) is 0 Å². The van der Waals surface area contributed by atoms with E-state index in [0.29, 0.717) is 12.0 Å². The van der Waals surface area contributed by atoms with Crippen LogP contribution in [0.15, 0.2) is 18.2 Å². The van der Waals surface area contributed by atoms with Gasteiger partial charge >= 0.3 is 0 Å². The average molecular weight is 275 g/mol. The van der Waals surface area contributed by atoms with Gasteiger partial charge in [-0.15, -0.1) is 0 Å². The molecule has 1 aromatic carbocycles. The lowest BCUT2D eigenvalue weighted by molar-refractivity contribution is 0.0747. The van der Waals surface area contributed by atoms with E-state index in [2.05, 4.69) is 11.8 Å². The molecule has 1 unspecified atom stereocenters. The van der Waals surface area contributed by atoms with Crippen molar-refractivity contribution in [1.29, 1.82) is 0 Å². The van der Waals surface area contributed by atoms with E-state index in [1.807, 2.05) is 6.92 Å². The number of nitrogens with zero attached hydrogens (tertiary/aromatic N) is 1. The maximum absolute atomic E-state index is 13.9. The van der Waals surface area contributed by atoms with Gasteiger partial charge < -0.3 is 10.0 Å². The number of amides is 1. The van der Waals surface area contributed by atoms with Crippen LogP contribution in [0.25, 0.3) is 0 Å². The predicted octanol–water partition coefficient (Wildman–Crippen LogP) is 2.18. The second kappa shape index (κ2) is 6.53. The number of likely N-dealkylation sites (tertiary alicyclic amines) is 1. The fourth-order valence-electron chi connectivity index (χ4n) is 2.36. The number of aliphatic hydroxyl groups excluding tert-OH is 1. The van der Waals surface area contributed by atoms with Gasteiger partial charge in [-0.1, -0.05) is 11.8 Å². The molecule has 0 aliphatic carbocycles. The van der Waals surface area contributed by atoms with E-state index in [9.17, 15) is 9.18 Å². The van der Waals surface area contributed by atoms with Crippen molar-refractivity contribution in [3.63, 3.8) is 0 Å². The van der Waals surface area contributed by atoms with E-state index in [1.165, 1.54) is 12.1 Å². The molecular weight excluding hydrogens is 257 g/mol. The van der Waals surface area contributed by atoms with E-state index in [-0.39, 0.29) is 24.1 Å². The van der Waals surface area contributed by atoms with Gasteiger partial charge in [0.05, 0.1) is 12.2 Å². The number of benzene rings is 1. The van der Waals surface area contributed by atoms with Gasteiger partial charge in [-0.3, -0.25) is 4.79 Å². The van der Waals surface area contributed by atoms with Gasteiger partial charge in [0, 0.05) is 24.6 Å². The average Bonchev–Trinajstić information content (AvgIpc) is 2.86. The zero-order valence-electron chi connectivity index (χ0n) is 11.5. The van der Waals surface area contributed by atoms with Gasteiger partial charge in [0.15, 0.2) is 0 Å². The number of rotatable bonds is 2. The number of carbonyl (C=O) groups is 1. The molecule has 1 aliphatic rings. The SMILES string of the molecule is CC1CCCN1C(=O)c1ccc(C#CCCO)c(F)c1. The monoisotopic (exact) mass is 275 g/mol. The highest BCUT2D eigenvalue weighted by Crippen LogP contribution is 2.20. The highest BCUT2D eigenvalue weighted by Gasteiger charge is 2.26. The Hall–Kier alpha value is -1.86. The molecule has 1 aliphatic heterocycles. The predicted molar refractivity (Wildman–Crippen MR) is 74.7 cm³/mol. The highest BCUT2D eigenvalue weighted by molar-refractivity contribution is 5.94. The molecule has 4 heteroatoms. The highest BCUT2D eigenvalue weighted by atomic mass is 19.1. The maximum atomic E-state index is 13.9. The first-order valence-corrected chi connectivity index (χ1v) is 6.83. The van der Waals surface area contributed by atoms with E-state index in [0.717, 1.165) is 19.4 Å². The summed E-state index contributed by atoms with van der Waals surface area (Å²) in [5.74, 6) is 4.70. The zero-order chi connectivity index (χ0) is 14.5. The van der Waals surface area contributed by atoms with Crippen molar-refractivity contribution >= 4 is 5.91 Å². The van der Waals surface area contributed by atoms with Crippen LogP contribution in [-0.2, 0) is 0 Å². The topological polar surface area (TPSA) is 40.5 Å². The molecule has 0 bridgehead atoms. The second-order valence-electron chi connectivity index (χ2n) is 4.96. The van der Waals surface area contributed by atoms with Crippen LogP contribution in [0.1, 0.15) is 42.1 Å². The second-order valence-corrected chi connectivity index (χ2v) is 4.96. The fourth-order valence-corrected chi connectivity index (χ4v) is 2.36. The Labute approximate surface area is 118 Å². The Morgan fingerprint density at radius 1 is 1.55 bits per heavy atom. The van der Waals surface area contributed by atoms with Gasteiger partial charge in [0.25, 0.3) is 5.91 Å². The van der Waals surface area contributed by atoms with Crippen molar-refractivity contribution in [3.05, 3.63) is 35.1 Å². The van der Waals surface area contributed by atoms with E-state index in [1.54, 1.807) is 11.0 Å². The molecule has 106 valence electrons. The van der Waals surface area contributed by atoms with Gasteiger partial charge in [-0.25, -0.2) is 4.39 Å². The number of hydrogen-bond donors (Lipinski definition) is 1. The van der Waals surface area contributed by atoms with Gasteiger partial charge in [-0.05, 0) is 38.0 Å². The van der Waals surface area contributed by atoms with E-state index in [4.69, 9.17) is 5.11 Å². The third-order valence-electron chi connectivity index (χ3n) is 3.49. The van der Waals surface area contributed by atoms with Crippen molar-refractivity contribution < 1.29 is 14.3 Å². The Kier molecular flexibility index (Phi) is 4.75. The molecule has 0 aromatic heterocycles. The molecule has 1 saturated heterocycles. The molecule has 20 heavy (non-hydrogen) atoms. The summed E-state index contributed by atoms with van der Waals surface area (Å²) in [4.78, 5) is 14.1. The van der Waals surface area contributed by atoms with Gasteiger partial charge in [0.1, 0.15) is 5.82 Å². The van der Waals surface area contributed by atoms with Crippen molar-refractivity contribution in [2.24, 2.45) is 0 Å². The fraction of sp³-hybridized carbons (Fsp3) is 0.438. The Bertz CT molecular complexity index is 559. The van der Waals surface area contributed by atoms with Crippen molar-refractivity contribution in [3.8, 4) is 11.8 Å². The summed E-state index contributed by atoms with van der Waals surface area (Å²) in [6, 6.07) is 4.60. The Balaban J connectivity index is 2.17. The van der Waals surface area contributed by atoms with Crippen LogP contribution in [0, 0.1) is 17.7 Å². The minimum atomic E-state index is -0.492. The molecule has 0 saturated carbocycles. The summed E-state index contributed by atoms with van der Waals surface area (Å²) in [7, 11) is 0. The van der Waals surface area contributed by atoms with E-state index >= 15 is 0 Å². The summed E-state index contributed by atoms with van der Waals surface area (Å²) < 4.78 is 13.9. The van der Waals surface area contributed by atoms with Gasteiger partial charge in [0.2, 0.25) is 0 Å². The molecule has 0 radical (unpaired) electrons. The summed E-state index contributed by atoms with van der Waals surface area (Å²) in [5.41, 5.74) is 0.619. The third kappa shape index (κ3) is 3.17. The first-order valence-electron chi connectivity index (χ1n) is 6.83. The molecule has 0 spiro atoms. The molecule has 1 amide bonds. The first-order chi connectivity index (χ1) is 9.63. The van der Waals surface area contributed by atoms with Crippen molar-refractivity contribution in [2.75, 3.05) is 13.2 Å². The summed E-state index contributed by atoms with van der Waals surface area (Å²) >= 11 is 0. The molecule has 2 rings (SSSR count). The molecule has 1 N–H and O–H groups in total. The normalized spacial score (nSPS) is 17.8. The first kappa shape index (κ1) is 14.5. The number of carbonyl (C=O) groups excluding carboxylic acids is 1. The summed E-state index contributed by atoms with van der Waals surface area (Å²) in [6.07, 6.45) is 2.31. The minimum absolute atomic E-state index is 0.0436. The summed E-state index contributed by atoms with van der Waals surface area (Å²) in [5, 5.41) is 8.63.